The molecule has 1 saturated heterocycles. The largest absolute Gasteiger partial charge is 0.377 e. The Hall–Kier alpha value is -1.86. The van der Waals surface area contributed by atoms with Crippen LogP contribution in [-0.2, 0) is 10.0 Å². The highest BCUT2D eigenvalue weighted by atomic mass is 32.2. The monoisotopic (exact) mass is 335 g/mol. The van der Waals surface area contributed by atoms with Crippen molar-refractivity contribution in [2.75, 3.05) is 32.1 Å². The molecular formula is C15H17N3O2S2. The minimum absolute atomic E-state index is 0.265. The van der Waals surface area contributed by atoms with E-state index in [0.29, 0.717) is 23.4 Å². The fourth-order valence-corrected chi connectivity index (χ4v) is 4.73. The Labute approximate surface area is 135 Å². The summed E-state index contributed by atoms with van der Waals surface area (Å²) in [4.78, 5) is 2.26. The molecule has 0 radical (unpaired) electrons. The highest BCUT2D eigenvalue weighted by Gasteiger charge is 2.31. The van der Waals surface area contributed by atoms with E-state index < -0.39 is 10.0 Å². The molecule has 7 heteroatoms. The third kappa shape index (κ3) is 2.30. The van der Waals surface area contributed by atoms with E-state index in [1.54, 1.807) is 12.1 Å². The fraction of sp³-hybridized carbons (Fsp3) is 0.267. The van der Waals surface area contributed by atoms with E-state index >= 15 is 0 Å². The summed E-state index contributed by atoms with van der Waals surface area (Å²) in [6, 6.07) is 11.0. The third-order valence-corrected chi connectivity index (χ3v) is 6.06. The lowest BCUT2D eigenvalue weighted by atomic mass is 10.1. The molecule has 1 aliphatic rings. The Morgan fingerprint density at radius 1 is 1.14 bits per heavy atom. The van der Waals surface area contributed by atoms with Gasteiger partial charge < -0.3 is 10.2 Å². The maximum Gasteiger partial charge on any atom is 0.266 e. The van der Waals surface area contributed by atoms with E-state index in [2.05, 4.69) is 5.32 Å². The van der Waals surface area contributed by atoms with Crippen molar-refractivity contribution in [2.24, 2.45) is 0 Å². The van der Waals surface area contributed by atoms with E-state index in [4.69, 9.17) is 12.2 Å². The number of benzene rings is 2. The Balaban J connectivity index is 2.24. The van der Waals surface area contributed by atoms with Gasteiger partial charge >= 0.3 is 0 Å². The number of sulfonamides is 1. The maximum atomic E-state index is 12.9. The molecule has 1 heterocycles. The highest BCUT2D eigenvalue weighted by molar-refractivity contribution is 7.91. The normalized spacial score (nSPS) is 15.2. The summed E-state index contributed by atoms with van der Waals surface area (Å²) in [5.41, 5.74) is 0.983. The topological polar surface area (TPSA) is 52.7 Å². The Bertz CT molecular complexity index is 847. The number of hydrogen-bond donors (Lipinski definition) is 1. The molecule has 3 rings (SSSR count). The first kappa shape index (κ1) is 15.1. The number of rotatable bonds is 3. The first-order valence-corrected chi connectivity index (χ1v) is 8.77. The van der Waals surface area contributed by atoms with Crippen LogP contribution in [0.15, 0.2) is 41.3 Å². The van der Waals surface area contributed by atoms with E-state index in [9.17, 15) is 8.42 Å². The van der Waals surface area contributed by atoms with Crippen LogP contribution in [0.1, 0.15) is 0 Å². The van der Waals surface area contributed by atoms with Gasteiger partial charge in [0.25, 0.3) is 10.0 Å². The number of fused-ring (bicyclic) bond motifs is 1. The van der Waals surface area contributed by atoms with Crippen LogP contribution in [0, 0.1) is 0 Å². The number of hydrogen-bond acceptors (Lipinski definition) is 4. The molecule has 0 unspecified atom stereocenters. The molecule has 0 amide bonds. The van der Waals surface area contributed by atoms with Gasteiger partial charge in [-0.2, -0.15) is 0 Å². The lowest BCUT2D eigenvalue weighted by molar-refractivity contribution is 0.543. The zero-order chi connectivity index (χ0) is 15.9. The molecule has 1 fully saturated rings. The molecule has 0 atom stereocenters. The average Bonchev–Trinajstić information content (AvgIpc) is 2.92. The maximum absolute atomic E-state index is 12.9. The first-order valence-electron chi connectivity index (χ1n) is 6.92. The highest BCUT2D eigenvalue weighted by Crippen LogP contribution is 2.31. The number of nitrogens with zero attached hydrogens (tertiary/aromatic N) is 2. The molecule has 0 saturated carbocycles. The van der Waals surface area contributed by atoms with Gasteiger partial charge in [-0.3, -0.25) is 0 Å². The van der Waals surface area contributed by atoms with Gasteiger partial charge in [-0.05, 0) is 24.4 Å². The molecule has 2 aromatic rings. The molecule has 1 aliphatic heterocycles. The predicted octanol–water partition coefficient (Wildman–Crippen LogP) is 1.78. The van der Waals surface area contributed by atoms with Crippen LogP contribution in [0.4, 0.5) is 5.69 Å². The Morgan fingerprint density at radius 2 is 1.82 bits per heavy atom. The van der Waals surface area contributed by atoms with Crippen LogP contribution in [0.2, 0.25) is 0 Å². The molecule has 0 spiro atoms. The predicted molar refractivity (Wildman–Crippen MR) is 92.8 cm³/mol. The quantitative estimate of drug-likeness (QED) is 0.867. The van der Waals surface area contributed by atoms with Gasteiger partial charge in [-0.25, -0.2) is 12.7 Å². The smallest absolute Gasteiger partial charge is 0.266 e. The average molecular weight is 335 g/mol. The summed E-state index contributed by atoms with van der Waals surface area (Å²) in [6.07, 6.45) is 0. The summed E-state index contributed by atoms with van der Waals surface area (Å²) in [5, 5.41) is 4.78. The van der Waals surface area contributed by atoms with Crippen LogP contribution >= 0.6 is 12.2 Å². The van der Waals surface area contributed by atoms with Crippen LogP contribution in [-0.4, -0.2) is 45.0 Å². The van der Waals surface area contributed by atoms with Crippen molar-refractivity contribution in [1.82, 2.24) is 9.62 Å². The molecule has 2 aromatic carbocycles. The molecular weight excluding hydrogens is 318 g/mol. The van der Waals surface area contributed by atoms with Gasteiger partial charge in [0.1, 0.15) is 0 Å². The van der Waals surface area contributed by atoms with Crippen molar-refractivity contribution in [3.05, 3.63) is 36.4 Å². The van der Waals surface area contributed by atoms with Gasteiger partial charge in [0.2, 0.25) is 0 Å². The minimum atomic E-state index is -3.65. The van der Waals surface area contributed by atoms with Crippen molar-refractivity contribution in [3.8, 4) is 0 Å². The Kier molecular flexibility index (Phi) is 3.70. The van der Waals surface area contributed by atoms with Crippen LogP contribution in [0.3, 0.4) is 0 Å². The number of thiocarbonyl (C=S) groups is 1. The van der Waals surface area contributed by atoms with Crippen LogP contribution in [0.25, 0.3) is 10.8 Å². The number of nitrogens with one attached hydrogen (secondary N) is 1. The van der Waals surface area contributed by atoms with Gasteiger partial charge in [0.05, 0.1) is 11.4 Å². The molecule has 0 bridgehead atoms. The van der Waals surface area contributed by atoms with Crippen LogP contribution < -0.4 is 10.2 Å². The SMILES string of the molecule is CN(C)c1cccc2c(S(=O)(=O)N3CCNC3=S)cccc12. The molecule has 1 N–H and O–H groups in total. The second-order valence-electron chi connectivity index (χ2n) is 5.33. The lowest BCUT2D eigenvalue weighted by Gasteiger charge is -2.20. The second-order valence-corrected chi connectivity index (χ2v) is 7.55. The summed E-state index contributed by atoms with van der Waals surface area (Å²) in [5.74, 6) is 0. The summed E-state index contributed by atoms with van der Waals surface area (Å²) in [7, 11) is 0.234. The van der Waals surface area contributed by atoms with Crippen molar-refractivity contribution in [1.29, 1.82) is 0 Å². The van der Waals surface area contributed by atoms with E-state index in [1.165, 1.54) is 4.31 Å². The molecule has 116 valence electrons. The minimum Gasteiger partial charge on any atom is -0.377 e. The second kappa shape index (κ2) is 5.40. The standard InChI is InChI=1S/C15H17N3O2S2/c1-17(2)13-7-3-6-12-11(13)5-4-8-14(12)22(19,20)18-10-9-16-15(18)21/h3-8H,9-10H2,1-2H3,(H,16,21). The van der Waals surface area contributed by atoms with E-state index in [1.807, 2.05) is 43.3 Å². The zero-order valence-corrected chi connectivity index (χ0v) is 14.0. The van der Waals surface area contributed by atoms with Gasteiger partial charge in [-0.15, -0.1) is 0 Å². The van der Waals surface area contributed by atoms with E-state index in [-0.39, 0.29) is 5.11 Å². The Morgan fingerprint density at radius 3 is 2.45 bits per heavy atom. The van der Waals surface area contributed by atoms with Crippen LogP contribution in [0.5, 0.6) is 0 Å². The summed E-state index contributed by atoms with van der Waals surface area (Å²) in [6.45, 7) is 0.913. The van der Waals surface area contributed by atoms with Gasteiger partial charge in [0.15, 0.2) is 5.11 Å². The van der Waals surface area contributed by atoms with Gasteiger partial charge in [0, 0.05) is 37.1 Å². The molecule has 0 aliphatic carbocycles. The third-order valence-electron chi connectivity index (χ3n) is 3.73. The fourth-order valence-electron chi connectivity index (χ4n) is 2.68. The van der Waals surface area contributed by atoms with Crippen molar-refractivity contribution >= 4 is 43.8 Å². The van der Waals surface area contributed by atoms with Gasteiger partial charge in [-0.1, -0.05) is 24.3 Å². The molecule has 0 aromatic heterocycles. The first-order chi connectivity index (χ1) is 10.4. The van der Waals surface area contributed by atoms with E-state index in [0.717, 1.165) is 11.1 Å². The van der Waals surface area contributed by atoms with Crippen molar-refractivity contribution in [3.63, 3.8) is 0 Å². The summed E-state index contributed by atoms with van der Waals surface area (Å²) >= 11 is 5.11. The zero-order valence-electron chi connectivity index (χ0n) is 12.4. The van der Waals surface area contributed by atoms with Crippen molar-refractivity contribution in [2.45, 2.75) is 4.90 Å². The number of anilines is 1. The molecule has 5 nitrogen and oxygen atoms in total. The van der Waals surface area contributed by atoms with Crippen molar-refractivity contribution < 1.29 is 8.42 Å². The lowest BCUT2D eigenvalue weighted by Crippen LogP contribution is -2.34. The molecule has 22 heavy (non-hydrogen) atoms. The summed E-state index contributed by atoms with van der Waals surface area (Å²) < 4.78 is 27.1.